The maximum atomic E-state index is 13.3. The third-order valence-electron chi connectivity index (χ3n) is 7.57. The minimum Gasteiger partial charge on any atom is -0.381 e. The normalized spacial score (nSPS) is 23.9. The molecule has 3 N–H and O–H groups in total. The Kier molecular flexibility index (Phi) is 5.44. The van der Waals surface area contributed by atoms with Gasteiger partial charge in [-0.1, -0.05) is 13.0 Å². The molecule has 9 nitrogen and oxygen atoms in total. The molecule has 3 aliphatic rings. The fourth-order valence-corrected chi connectivity index (χ4v) is 5.31. The van der Waals surface area contributed by atoms with Crippen molar-refractivity contribution in [3.8, 4) is 0 Å². The molecule has 174 valence electrons. The molecule has 3 unspecified atom stereocenters. The van der Waals surface area contributed by atoms with Crippen LogP contribution in [0.25, 0.3) is 0 Å². The molecule has 2 aliphatic heterocycles. The Labute approximate surface area is 192 Å². The Morgan fingerprint density at radius 1 is 1.24 bits per heavy atom. The van der Waals surface area contributed by atoms with Gasteiger partial charge in [0.05, 0.1) is 5.41 Å². The molecule has 9 heteroatoms. The predicted octanol–water partition coefficient (Wildman–Crippen LogP) is 2.20. The van der Waals surface area contributed by atoms with Gasteiger partial charge in [-0.2, -0.15) is 5.10 Å². The van der Waals surface area contributed by atoms with Crippen LogP contribution in [0.15, 0.2) is 30.5 Å². The van der Waals surface area contributed by atoms with Crippen LogP contribution in [0.1, 0.15) is 48.7 Å². The first kappa shape index (κ1) is 21.6. The summed E-state index contributed by atoms with van der Waals surface area (Å²) in [5.74, 6) is -0.167. The molecule has 1 saturated carbocycles. The molecular formula is C24H29N5O4. The van der Waals surface area contributed by atoms with E-state index >= 15 is 0 Å². The first-order valence-corrected chi connectivity index (χ1v) is 11.5. The van der Waals surface area contributed by atoms with E-state index in [9.17, 15) is 14.4 Å². The number of aryl methyl sites for hydroxylation is 1. The van der Waals surface area contributed by atoms with Crippen molar-refractivity contribution >= 4 is 29.1 Å². The van der Waals surface area contributed by atoms with E-state index in [1.54, 1.807) is 25.4 Å². The Morgan fingerprint density at radius 2 is 2.03 bits per heavy atom. The van der Waals surface area contributed by atoms with Gasteiger partial charge in [0.25, 0.3) is 5.91 Å². The van der Waals surface area contributed by atoms with Crippen LogP contribution in [0.4, 0.5) is 11.4 Å². The number of fused-ring (bicyclic) bond motifs is 2. The van der Waals surface area contributed by atoms with E-state index in [-0.39, 0.29) is 23.6 Å². The summed E-state index contributed by atoms with van der Waals surface area (Å²) in [7, 11) is 1.69. The first-order chi connectivity index (χ1) is 15.9. The highest BCUT2D eigenvalue weighted by molar-refractivity contribution is 6.07. The summed E-state index contributed by atoms with van der Waals surface area (Å²) in [6.07, 6.45) is 4.78. The standard InChI is InChI=1S/C24H29N5O4/c1-14-3-5-16(14)20(28-21(30)19-7-10-25-29(19)2)22(31)26-15-4-6-17-18(13-15)27-23(32)24(17)8-11-33-12-9-24/h4,6-7,10,13-14,16,20H,3,5,8-9,11-12H2,1-2H3,(H,26,31)(H,27,32)(H,28,30). The van der Waals surface area contributed by atoms with E-state index in [0.29, 0.717) is 43.4 Å². The van der Waals surface area contributed by atoms with Crippen LogP contribution >= 0.6 is 0 Å². The Hall–Kier alpha value is -3.20. The minimum atomic E-state index is -0.652. The van der Waals surface area contributed by atoms with Crippen LogP contribution in [0, 0.1) is 11.8 Å². The summed E-state index contributed by atoms with van der Waals surface area (Å²) in [6.45, 7) is 3.22. The number of nitrogens with zero attached hydrogens (tertiary/aromatic N) is 2. The number of benzene rings is 1. The van der Waals surface area contributed by atoms with Crippen LogP contribution in [0.2, 0.25) is 0 Å². The van der Waals surface area contributed by atoms with E-state index in [4.69, 9.17) is 4.74 Å². The summed E-state index contributed by atoms with van der Waals surface area (Å²) < 4.78 is 6.95. The maximum absolute atomic E-state index is 13.3. The zero-order valence-electron chi connectivity index (χ0n) is 18.9. The molecule has 1 aromatic carbocycles. The second-order valence-electron chi connectivity index (χ2n) is 9.41. The number of anilines is 2. The number of aromatic nitrogens is 2. The smallest absolute Gasteiger partial charge is 0.270 e. The Balaban J connectivity index is 1.35. The van der Waals surface area contributed by atoms with E-state index in [2.05, 4.69) is 28.0 Å². The maximum Gasteiger partial charge on any atom is 0.270 e. The van der Waals surface area contributed by atoms with Gasteiger partial charge in [-0.05, 0) is 61.3 Å². The van der Waals surface area contributed by atoms with Crippen molar-refractivity contribution in [3.05, 3.63) is 41.7 Å². The highest BCUT2D eigenvalue weighted by Gasteiger charge is 2.47. The molecule has 33 heavy (non-hydrogen) atoms. The fourth-order valence-electron chi connectivity index (χ4n) is 5.31. The molecule has 0 bridgehead atoms. The number of amides is 3. The number of ether oxygens (including phenoxy) is 1. The Morgan fingerprint density at radius 3 is 2.67 bits per heavy atom. The van der Waals surface area contributed by atoms with Crippen LogP contribution in [0.3, 0.4) is 0 Å². The molecule has 5 rings (SSSR count). The van der Waals surface area contributed by atoms with E-state index in [1.165, 1.54) is 4.68 Å². The van der Waals surface area contributed by atoms with E-state index in [0.717, 1.165) is 24.1 Å². The lowest BCUT2D eigenvalue weighted by Crippen LogP contribution is -2.53. The topological polar surface area (TPSA) is 114 Å². The van der Waals surface area contributed by atoms with Crippen molar-refractivity contribution < 1.29 is 19.1 Å². The molecule has 3 atom stereocenters. The van der Waals surface area contributed by atoms with Crippen LogP contribution < -0.4 is 16.0 Å². The van der Waals surface area contributed by atoms with Crippen molar-refractivity contribution in [3.63, 3.8) is 0 Å². The summed E-state index contributed by atoms with van der Waals surface area (Å²) in [5.41, 5.74) is 2.14. The molecule has 1 aliphatic carbocycles. The number of nitrogens with one attached hydrogen (secondary N) is 3. The monoisotopic (exact) mass is 451 g/mol. The summed E-state index contributed by atoms with van der Waals surface area (Å²) >= 11 is 0. The molecule has 3 amide bonds. The zero-order valence-corrected chi connectivity index (χ0v) is 18.9. The number of rotatable bonds is 5. The summed E-state index contributed by atoms with van der Waals surface area (Å²) in [6, 6.07) is 6.53. The number of hydrogen-bond donors (Lipinski definition) is 3. The average Bonchev–Trinajstić information content (AvgIpc) is 3.33. The van der Waals surface area contributed by atoms with Gasteiger partial charge in [-0.15, -0.1) is 0 Å². The molecule has 1 aromatic heterocycles. The van der Waals surface area contributed by atoms with Crippen LogP contribution in [-0.2, 0) is 26.8 Å². The minimum absolute atomic E-state index is 0.00566. The average molecular weight is 452 g/mol. The fraction of sp³-hybridized carbons (Fsp3) is 0.500. The van der Waals surface area contributed by atoms with Crippen LogP contribution in [-0.4, -0.2) is 46.8 Å². The third-order valence-corrected chi connectivity index (χ3v) is 7.57. The number of carbonyl (C=O) groups is 3. The SMILES string of the molecule is CC1CCC1C(NC(=O)c1ccnn1C)C(=O)Nc1ccc2c(c1)NC(=O)C21CCOCC1. The van der Waals surface area contributed by atoms with E-state index in [1.807, 2.05) is 12.1 Å². The van der Waals surface area contributed by atoms with Crippen molar-refractivity contribution in [1.29, 1.82) is 0 Å². The number of hydrogen-bond acceptors (Lipinski definition) is 5. The number of carbonyl (C=O) groups excluding carboxylic acids is 3. The van der Waals surface area contributed by atoms with Gasteiger partial charge in [0.15, 0.2) is 0 Å². The summed E-state index contributed by atoms with van der Waals surface area (Å²) in [5, 5.41) is 12.9. The molecule has 2 aromatic rings. The lowest BCUT2D eigenvalue weighted by atomic mass is 9.70. The quantitative estimate of drug-likeness (QED) is 0.645. The van der Waals surface area contributed by atoms with Crippen molar-refractivity contribution in [1.82, 2.24) is 15.1 Å². The van der Waals surface area contributed by atoms with Gasteiger partial charge in [-0.3, -0.25) is 19.1 Å². The Bertz CT molecular complexity index is 1100. The summed E-state index contributed by atoms with van der Waals surface area (Å²) in [4.78, 5) is 38.9. The zero-order chi connectivity index (χ0) is 23.2. The molecule has 3 heterocycles. The predicted molar refractivity (Wildman–Crippen MR) is 122 cm³/mol. The first-order valence-electron chi connectivity index (χ1n) is 11.5. The lowest BCUT2D eigenvalue weighted by molar-refractivity contribution is -0.124. The van der Waals surface area contributed by atoms with Crippen LogP contribution in [0.5, 0.6) is 0 Å². The van der Waals surface area contributed by atoms with Crippen molar-refractivity contribution in [2.45, 2.75) is 44.1 Å². The van der Waals surface area contributed by atoms with Gasteiger partial charge in [0.1, 0.15) is 11.7 Å². The van der Waals surface area contributed by atoms with Crippen molar-refractivity contribution in [2.24, 2.45) is 18.9 Å². The highest BCUT2D eigenvalue weighted by Crippen LogP contribution is 2.45. The molecule has 1 spiro atoms. The molecule has 1 saturated heterocycles. The van der Waals surface area contributed by atoms with Gasteiger partial charge >= 0.3 is 0 Å². The molecule has 0 radical (unpaired) electrons. The highest BCUT2D eigenvalue weighted by atomic mass is 16.5. The van der Waals surface area contributed by atoms with Gasteiger partial charge < -0.3 is 20.7 Å². The lowest BCUT2D eigenvalue weighted by Gasteiger charge is -2.39. The van der Waals surface area contributed by atoms with Gasteiger partial charge in [0.2, 0.25) is 11.8 Å². The second-order valence-corrected chi connectivity index (χ2v) is 9.41. The second kappa shape index (κ2) is 8.30. The van der Waals surface area contributed by atoms with Gasteiger partial charge in [-0.25, -0.2) is 0 Å². The third kappa shape index (κ3) is 3.70. The molecule has 2 fully saturated rings. The molecular weight excluding hydrogens is 422 g/mol. The van der Waals surface area contributed by atoms with Crippen molar-refractivity contribution in [2.75, 3.05) is 23.8 Å². The largest absolute Gasteiger partial charge is 0.381 e. The van der Waals surface area contributed by atoms with Gasteiger partial charge in [0, 0.05) is 37.8 Å². The van der Waals surface area contributed by atoms with E-state index < -0.39 is 11.5 Å².